The Morgan fingerprint density at radius 1 is 0.643 bits per heavy atom. The minimum absolute atomic E-state index is 1.12. The summed E-state index contributed by atoms with van der Waals surface area (Å²) in [5.74, 6) is 0. The fourth-order valence-electron chi connectivity index (χ4n) is 3.61. The molecule has 2 heterocycles. The highest BCUT2D eigenvalue weighted by Crippen LogP contribution is 2.16. The number of aryl methyl sites for hydroxylation is 2. The summed E-state index contributed by atoms with van der Waals surface area (Å²) < 4.78 is 4.61. The topological polar surface area (TPSA) is 7.76 Å². The van der Waals surface area contributed by atoms with Gasteiger partial charge in [-0.1, -0.05) is 45.1 Å². The lowest BCUT2D eigenvalue weighted by Crippen LogP contribution is -2.33. The monoisotopic (exact) mass is 380 g/mol. The van der Waals surface area contributed by atoms with Crippen LogP contribution in [0, 0.1) is 0 Å². The summed E-state index contributed by atoms with van der Waals surface area (Å²) >= 11 is 0. The first-order valence-electron chi connectivity index (χ1n) is 11.4. The molecular formula is C26H40N2+2. The number of allylic oxidation sites excluding steroid dienone is 1. The van der Waals surface area contributed by atoms with Crippen LogP contribution in [0.25, 0.3) is 11.1 Å². The van der Waals surface area contributed by atoms with Crippen LogP contribution in [-0.2, 0) is 13.1 Å². The van der Waals surface area contributed by atoms with Gasteiger partial charge in [-0.25, -0.2) is 9.13 Å². The normalized spacial score (nSPS) is 10.9. The molecule has 152 valence electrons. The molecule has 0 spiro atoms. The number of rotatable bonds is 15. The van der Waals surface area contributed by atoms with E-state index in [1.807, 2.05) is 6.08 Å². The molecule has 2 aromatic heterocycles. The van der Waals surface area contributed by atoms with E-state index in [4.69, 9.17) is 0 Å². The highest BCUT2D eigenvalue weighted by Gasteiger charge is 2.06. The van der Waals surface area contributed by atoms with Gasteiger partial charge in [0.1, 0.15) is 13.1 Å². The molecule has 2 aromatic rings. The van der Waals surface area contributed by atoms with Gasteiger partial charge in [0, 0.05) is 37.1 Å². The van der Waals surface area contributed by atoms with Gasteiger partial charge in [0.05, 0.1) is 0 Å². The number of nitrogens with zero attached hydrogens (tertiary/aromatic N) is 2. The van der Waals surface area contributed by atoms with Gasteiger partial charge in [0.2, 0.25) is 0 Å². The van der Waals surface area contributed by atoms with Gasteiger partial charge in [0.15, 0.2) is 24.8 Å². The lowest BCUT2D eigenvalue weighted by Gasteiger charge is -2.02. The predicted octanol–water partition coefficient (Wildman–Crippen LogP) is 6.43. The third-order valence-electron chi connectivity index (χ3n) is 5.46. The maximum absolute atomic E-state index is 3.78. The second-order valence-corrected chi connectivity index (χ2v) is 7.91. The predicted molar refractivity (Wildman–Crippen MR) is 119 cm³/mol. The molecule has 0 saturated carbocycles. The molecule has 0 aliphatic heterocycles. The van der Waals surface area contributed by atoms with Crippen LogP contribution < -0.4 is 9.13 Å². The van der Waals surface area contributed by atoms with Gasteiger partial charge in [-0.15, -0.1) is 6.58 Å². The Balaban J connectivity index is 1.66. The third-order valence-corrected chi connectivity index (χ3v) is 5.46. The molecule has 0 saturated heterocycles. The second kappa shape index (κ2) is 14.1. The Labute approximate surface area is 172 Å². The van der Waals surface area contributed by atoms with Crippen LogP contribution in [0.4, 0.5) is 0 Å². The molecule has 0 fully saturated rings. The molecule has 0 aromatic carbocycles. The summed E-state index contributed by atoms with van der Waals surface area (Å²) in [5.41, 5.74) is 2.60. The quantitative estimate of drug-likeness (QED) is 0.191. The van der Waals surface area contributed by atoms with Crippen LogP contribution in [0.5, 0.6) is 0 Å². The summed E-state index contributed by atoms with van der Waals surface area (Å²) in [6.45, 7) is 8.29. The minimum Gasteiger partial charge on any atom is -0.205 e. The van der Waals surface area contributed by atoms with Gasteiger partial charge in [-0.3, -0.25) is 0 Å². The SMILES string of the molecule is C=CCCCCCCCCC[n+]1ccc(-c2cc[n+](CCCCC)cc2)cc1. The van der Waals surface area contributed by atoms with Crippen molar-refractivity contribution in [3.63, 3.8) is 0 Å². The van der Waals surface area contributed by atoms with Crippen molar-refractivity contribution in [3.05, 3.63) is 61.7 Å². The van der Waals surface area contributed by atoms with Crippen LogP contribution >= 0.6 is 0 Å². The number of pyridine rings is 2. The Morgan fingerprint density at radius 3 is 1.54 bits per heavy atom. The zero-order valence-corrected chi connectivity index (χ0v) is 18.0. The number of aromatic nitrogens is 2. The molecule has 0 aliphatic carbocycles. The van der Waals surface area contributed by atoms with Gasteiger partial charge in [0.25, 0.3) is 0 Å². The van der Waals surface area contributed by atoms with E-state index in [9.17, 15) is 0 Å². The molecule has 0 radical (unpaired) electrons. The van der Waals surface area contributed by atoms with Crippen LogP contribution in [0.2, 0.25) is 0 Å². The number of unbranched alkanes of at least 4 members (excludes halogenated alkanes) is 9. The van der Waals surface area contributed by atoms with Gasteiger partial charge in [-0.2, -0.15) is 0 Å². The van der Waals surface area contributed by atoms with Crippen LogP contribution in [-0.4, -0.2) is 0 Å². The van der Waals surface area contributed by atoms with Crippen molar-refractivity contribution in [1.29, 1.82) is 0 Å². The van der Waals surface area contributed by atoms with E-state index in [-0.39, 0.29) is 0 Å². The van der Waals surface area contributed by atoms with Crippen molar-refractivity contribution in [2.24, 2.45) is 0 Å². The summed E-state index contributed by atoms with van der Waals surface area (Å²) in [6.07, 6.45) is 25.4. The van der Waals surface area contributed by atoms with E-state index >= 15 is 0 Å². The minimum atomic E-state index is 1.12. The molecule has 0 atom stereocenters. The average molecular weight is 381 g/mol. The van der Waals surface area contributed by atoms with E-state index in [0.29, 0.717) is 0 Å². The van der Waals surface area contributed by atoms with Crippen LogP contribution in [0.1, 0.15) is 77.6 Å². The molecule has 0 amide bonds. The molecule has 2 nitrogen and oxygen atoms in total. The van der Waals surface area contributed by atoms with E-state index in [1.165, 1.54) is 81.8 Å². The van der Waals surface area contributed by atoms with Crippen molar-refractivity contribution < 1.29 is 9.13 Å². The van der Waals surface area contributed by atoms with E-state index < -0.39 is 0 Å². The van der Waals surface area contributed by atoms with Crippen molar-refractivity contribution in [1.82, 2.24) is 0 Å². The Hall–Kier alpha value is -1.96. The second-order valence-electron chi connectivity index (χ2n) is 7.91. The molecule has 28 heavy (non-hydrogen) atoms. The smallest absolute Gasteiger partial charge is 0.169 e. The summed E-state index contributed by atoms with van der Waals surface area (Å²) in [4.78, 5) is 0. The van der Waals surface area contributed by atoms with Crippen molar-refractivity contribution in [2.75, 3.05) is 0 Å². The Morgan fingerprint density at radius 2 is 1.07 bits per heavy atom. The van der Waals surface area contributed by atoms with E-state index in [1.54, 1.807) is 0 Å². The van der Waals surface area contributed by atoms with Gasteiger partial charge < -0.3 is 0 Å². The highest BCUT2D eigenvalue weighted by atomic mass is 14.9. The first-order valence-corrected chi connectivity index (χ1v) is 11.4. The first kappa shape index (κ1) is 22.3. The standard InChI is InChI=1S/C26H40N2/c1-3-5-7-8-9-10-11-12-14-20-28-23-17-26(18-24-28)25-15-21-27(22-16-25)19-13-6-4-2/h3,15-18,21-24H,1,4-14,19-20H2,2H3/q+2. The zero-order chi connectivity index (χ0) is 19.9. The van der Waals surface area contributed by atoms with Gasteiger partial charge in [-0.05, 0) is 36.8 Å². The first-order chi connectivity index (χ1) is 13.8. The largest absolute Gasteiger partial charge is 0.205 e. The Kier molecular flexibility index (Phi) is 11.2. The molecular weight excluding hydrogens is 340 g/mol. The maximum atomic E-state index is 3.78. The third kappa shape index (κ3) is 8.82. The molecule has 0 aliphatic rings. The summed E-state index contributed by atoms with van der Waals surface area (Å²) in [7, 11) is 0. The van der Waals surface area contributed by atoms with Crippen molar-refractivity contribution in [3.8, 4) is 11.1 Å². The fraction of sp³-hybridized carbons (Fsp3) is 0.538. The fourth-order valence-corrected chi connectivity index (χ4v) is 3.61. The lowest BCUT2D eigenvalue weighted by molar-refractivity contribution is -0.697. The average Bonchev–Trinajstić information content (AvgIpc) is 2.74. The molecule has 2 heteroatoms. The van der Waals surface area contributed by atoms with Crippen molar-refractivity contribution in [2.45, 2.75) is 90.6 Å². The van der Waals surface area contributed by atoms with Gasteiger partial charge >= 0.3 is 0 Å². The van der Waals surface area contributed by atoms with E-state index in [0.717, 1.165) is 13.1 Å². The van der Waals surface area contributed by atoms with Crippen molar-refractivity contribution >= 4 is 0 Å². The maximum Gasteiger partial charge on any atom is 0.169 e. The summed E-state index contributed by atoms with van der Waals surface area (Å²) in [6, 6.07) is 8.97. The number of hydrogen-bond acceptors (Lipinski definition) is 0. The molecule has 0 N–H and O–H groups in total. The molecule has 2 rings (SSSR count). The molecule has 0 unspecified atom stereocenters. The highest BCUT2D eigenvalue weighted by molar-refractivity contribution is 5.60. The molecule has 0 bridgehead atoms. The lowest BCUT2D eigenvalue weighted by atomic mass is 10.1. The Bertz CT molecular complexity index is 643. The summed E-state index contributed by atoms with van der Waals surface area (Å²) in [5, 5.41) is 0. The zero-order valence-electron chi connectivity index (χ0n) is 18.0. The van der Waals surface area contributed by atoms with E-state index in [2.05, 4.69) is 71.7 Å². The van der Waals surface area contributed by atoms with Crippen LogP contribution in [0.3, 0.4) is 0 Å². The number of hydrogen-bond donors (Lipinski definition) is 0. The van der Waals surface area contributed by atoms with Crippen LogP contribution in [0.15, 0.2) is 61.7 Å².